The van der Waals surface area contributed by atoms with Crippen molar-refractivity contribution >= 4 is 17.2 Å². The first-order valence-electron chi connectivity index (χ1n) is 4.58. The Balaban J connectivity index is 2.46. The van der Waals surface area contributed by atoms with Crippen molar-refractivity contribution in [1.82, 2.24) is 0 Å². The molecule has 2 N–H and O–H groups in total. The van der Waals surface area contributed by atoms with Gasteiger partial charge in [-0.25, -0.2) is 0 Å². The van der Waals surface area contributed by atoms with Crippen LogP contribution in [-0.4, -0.2) is 11.6 Å². The molecule has 76 valence electrons. The lowest BCUT2D eigenvalue weighted by atomic mass is 10.2. The van der Waals surface area contributed by atoms with Crippen molar-refractivity contribution in [3.63, 3.8) is 0 Å². The maximum Gasteiger partial charge on any atom is 0.119 e. The number of thiocarbonyl (C=S) groups is 1. The van der Waals surface area contributed by atoms with Crippen LogP contribution in [0, 0.1) is 12.8 Å². The molecule has 0 saturated heterocycles. The molecular formula is C11H15NOS. The maximum atomic E-state index is 5.52. The molecule has 0 aromatic heterocycles. The number of ether oxygens (including phenoxy) is 1. The lowest BCUT2D eigenvalue weighted by Crippen LogP contribution is -2.23. The Hall–Kier alpha value is -1.09. The van der Waals surface area contributed by atoms with Gasteiger partial charge in [-0.2, -0.15) is 0 Å². The summed E-state index contributed by atoms with van der Waals surface area (Å²) in [4.78, 5) is 0.497. The molecular weight excluding hydrogens is 194 g/mol. The number of aryl methyl sites for hydroxylation is 1. The van der Waals surface area contributed by atoms with E-state index in [9.17, 15) is 0 Å². The summed E-state index contributed by atoms with van der Waals surface area (Å²) in [5, 5.41) is 0. The van der Waals surface area contributed by atoms with Gasteiger partial charge in [0, 0.05) is 5.92 Å². The smallest absolute Gasteiger partial charge is 0.119 e. The second-order valence-electron chi connectivity index (χ2n) is 3.43. The predicted molar refractivity (Wildman–Crippen MR) is 62.6 cm³/mol. The average molecular weight is 209 g/mol. The summed E-state index contributed by atoms with van der Waals surface area (Å²) in [5.74, 6) is 0.977. The van der Waals surface area contributed by atoms with Gasteiger partial charge in [-0.05, 0) is 19.1 Å². The van der Waals surface area contributed by atoms with E-state index in [1.54, 1.807) is 0 Å². The molecule has 0 bridgehead atoms. The van der Waals surface area contributed by atoms with Crippen LogP contribution in [0.15, 0.2) is 24.3 Å². The van der Waals surface area contributed by atoms with Crippen LogP contribution in [0.1, 0.15) is 12.5 Å². The Morgan fingerprint density at radius 3 is 2.50 bits per heavy atom. The molecule has 0 amide bonds. The van der Waals surface area contributed by atoms with E-state index in [4.69, 9.17) is 22.7 Å². The molecule has 14 heavy (non-hydrogen) atoms. The number of hydrogen-bond acceptors (Lipinski definition) is 2. The highest BCUT2D eigenvalue weighted by molar-refractivity contribution is 7.80. The highest BCUT2D eigenvalue weighted by Crippen LogP contribution is 2.12. The quantitative estimate of drug-likeness (QED) is 0.773. The van der Waals surface area contributed by atoms with Crippen molar-refractivity contribution in [2.45, 2.75) is 13.8 Å². The van der Waals surface area contributed by atoms with E-state index in [-0.39, 0.29) is 5.92 Å². The minimum absolute atomic E-state index is 0.117. The Kier molecular flexibility index (Phi) is 3.89. The van der Waals surface area contributed by atoms with Crippen LogP contribution in [0.3, 0.4) is 0 Å². The fourth-order valence-corrected chi connectivity index (χ4v) is 1.01. The number of benzene rings is 1. The first-order valence-corrected chi connectivity index (χ1v) is 4.99. The fraction of sp³-hybridized carbons (Fsp3) is 0.364. The van der Waals surface area contributed by atoms with Gasteiger partial charge in [-0.15, -0.1) is 0 Å². The third-order valence-electron chi connectivity index (χ3n) is 2.01. The summed E-state index contributed by atoms with van der Waals surface area (Å²) >= 11 is 4.85. The van der Waals surface area contributed by atoms with E-state index in [2.05, 4.69) is 0 Å². The number of rotatable bonds is 4. The molecule has 0 heterocycles. The van der Waals surface area contributed by atoms with Crippen molar-refractivity contribution in [2.24, 2.45) is 11.7 Å². The minimum Gasteiger partial charge on any atom is -0.493 e. The lowest BCUT2D eigenvalue weighted by molar-refractivity contribution is 0.293. The van der Waals surface area contributed by atoms with Crippen molar-refractivity contribution < 1.29 is 4.74 Å². The molecule has 0 fully saturated rings. The molecule has 0 aliphatic carbocycles. The molecule has 1 aromatic rings. The largest absolute Gasteiger partial charge is 0.493 e. The molecule has 0 saturated carbocycles. The minimum atomic E-state index is 0.117. The Labute approximate surface area is 90.1 Å². The normalized spacial score (nSPS) is 12.1. The van der Waals surface area contributed by atoms with E-state index in [0.717, 1.165) is 5.75 Å². The first kappa shape index (κ1) is 11.0. The van der Waals surface area contributed by atoms with Gasteiger partial charge in [0.25, 0.3) is 0 Å². The van der Waals surface area contributed by atoms with Crippen LogP contribution in [0.5, 0.6) is 5.75 Å². The molecule has 0 aliphatic rings. The van der Waals surface area contributed by atoms with E-state index < -0.39 is 0 Å². The van der Waals surface area contributed by atoms with Gasteiger partial charge in [-0.1, -0.05) is 36.8 Å². The molecule has 2 nitrogen and oxygen atoms in total. The van der Waals surface area contributed by atoms with Gasteiger partial charge >= 0.3 is 0 Å². The van der Waals surface area contributed by atoms with Gasteiger partial charge in [0.15, 0.2) is 0 Å². The highest BCUT2D eigenvalue weighted by atomic mass is 32.1. The molecule has 1 aromatic carbocycles. The Bertz CT molecular complexity index is 308. The topological polar surface area (TPSA) is 35.2 Å². The maximum absolute atomic E-state index is 5.52. The van der Waals surface area contributed by atoms with Gasteiger partial charge < -0.3 is 10.5 Å². The molecule has 0 spiro atoms. The van der Waals surface area contributed by atoms with Gasteiger partial charge in [-0.3, -0.25) is 0 Å². The van der Waals surface area contributed by atoms with Crippen molar-refractivity contribution in [2.75, 3.05) is 6.61 Å². The van der Waals surface area contributed by atoms with E-state index >= 15 is 0 Å². The molecule has 0 aliphatic heterocycles. The van der Waals surface area contributed by atoms with E-state index in [0.29, 0.717) is 11.6 Å². The van der Waals surface area contributed by atoms with Crippen LogP contribution in [-0.2, 0) is 0 Å². The third kappa shape index (κ3) is 3.34. The summed E-state index contributed by atoms with van der Waals surface area (Å²) in [5.41, 5.74) is 6.70. The van der Waals surface area contributed by atoms with Crippen LogP contribution in [0.2, 0.25) is 0 Å². The Morgan fingerprint density at radius 2 is 2.00 bits per heavy atom. The standard InChI is InChI=1S/C11H15NOS/c1-8-3-5-10(6-4-8)13-7-9(2)11(12)14/h3-6,9H,7H2,1-2H3,(H2,12,14). The van der Waals surface area contributed by atoms with Gasteiger partial charge in [0.05, 0.1) is 11.6 Å². The Morgan fingerprint density at radius 1 is 1.43 bits per heavy atom. The summed E-state index contributed by atoms with van der Waals surface area (Å²) in [6.07, 6.45) is 0. The van der Waals surface area contributed by atoms with E-state index in [1.165, 1.54) is 5.56 Å². The average Bonchev–Trinajstić information content (AvgIpc) is 2.16. The van der Waals surface area contributed by atoms with Crippen molar-refractivity contribution in [1.29, 1.82) is 0 Å². The van der Waals surface area contributed by atoms with Gasteiger partial charge in [0.2, 0.25) is 0 Å². The summed E-state index contributed by atoms with van der Waals surface area (Å²) < 4.78 is 5.52. The molecule has 0 radical (unpaired) electrons. The predicted octanol–water partition coefficient (Wildman–Crippen LogP) is 2.30. The zero-order chi connectivity index (χ0) is 10.6. The zero-order valence-electron chi connectivity index (χ0n) is 8.49. The molecule has 1 unspecified atom stereocenters. The highest BCUT2D eigenvalue weighted by Gasteiger charge is 2.05. The lowest BCUT2D eigenvalue weighted by Gasteiger charge is -2.11. The monoisotopic (exact) mass is 209 g/mol. The van der Waals surface area contributed by atoms with Crippen LogP contribution in [0.25, 0.3) is 0 Å². The number of hydrogen-bond donors (Lipinski definition) is 1. The van der Waals surface area contributed by atoms with Crippen LogP contribution in [0.4, 0.5) is 0 Å². The summed E-state index contributed by atoms with van der Waals surface area (Å²) in [6.45, 7) is 4.54. The van der Waals surface area contributed by atoms with Crippen LogP contribution >= 0.6 is 12.2 Å². The molecule has 1 atom stereocenters. The van der Waals surface area contributed by atoms with Gasteiger partial charge in [0.1, 0.15) is 5.75 Å². The molecule has 3 heteroatoms. The van der Waals surface area contributed by atoms with E-state index in [1.807, 2.05) is 38.1 Å². The summed E-state index contributed by atoms with van der Waals surface area (Å²) in [6, 6.07) is 7.92. The SMILES string of the molecule is Cc1ccc(OCC(C)C(N)=S)cc1. The second-order valence-corrected chi connectivity index (χ2v) is 3.90. The third-order valence-corrected chi connectivity index (χ3v) is 2.41. The van der Waals surface area contributed by atoms with Crippen molar-refractivity contribution in [3.05, 3.63) is 29.8 Å². The molecule has 1 rings (SSSR count). The zero-order valence-corrected chi connectivity index (χ0v) is 9.30. The second kappa shape index (κ2) is 4.96. The number of nitrogens with two attached hydrogens (primary N) is 1. The first-order chi connectivity index (χ1) is 6.59. The van der Waals surface area contributed by atoms with Crippen LogP contribution < -0.4 is 10.5 Å². The summed E-state index contributed by atoms with van der Waals surface area (Å²) in [7, 11) is 0. The fourth-order valence-electron chi connectivity index (χ4n) is 0.938. The van der Waals surface area contributed by atoms with Crippen molar-refractivity contribution in [3.8, 4) is 5.75 Å².